The Morgan fingerprint density at radius 3 is 2.40 bits per heavy atom. The molecule has 0 saturated heterocycles. The summed E-state index contributed by atoms with van der Waals surface area (Å²) >= 11 is 0. The van der Waals surface area contributed by atoms with Crippen molar-refractivity contribution in [2.45, 2.75) is 77.8 Å². The van der Waals surface area contributed by atoms with Gasteiger partial charge in [0.1, 0.15) is 0 Å². The van der Waals surface area contributed by atoms with Crippen molar-refractivity contribution in [3.05, 3.63) is 0 Å². The van der Waals surface area contributed by atoms with Crippen molar-refractivity contribution in [3.63, 3.8) is 0 Å². The summed E-state index contributed by atoms with van der Waals surface area (Å²) in [6.45, 7) is 7.56. The van der Waals surface area contributed by atoms with Crippen LogP contribution in [0.2, 0.25) is 0 Å². The molecule has 2 aliphatic carbocycles. The second-order valence-electron chi connectivity index (χ2n) is 7.47. The zero-order valence-electron chi connectivity index (χ0n) is 13.5. The number of carbonyl (C=O) groups is 1. The Morgan fingerprint density at radius 2 is 1.85 bits per heavy atom. The SMILES string of the molecule is CC(C)CN(C(=O)C1CCC(C)C(N)C1)C1CCCC1. The number of nitrogens with two attached hydrogens (primary N) is 1. The Hall–Kier alpha value is -0.570. The van der Waals surface area contributed by atoms with Crippen LogP contribution in [0.5, 0.6) is 0 Å². The minimum absolute atomic E-state index is 0.181. The van der Waals surface area contributed by atoms with Crippen molar-refractivity contribution < 1.29 is 4.79 Å². The Balaban J connectivity index is 2.01. The molecule has 0 spiro atoms. The van der Waals surface area contributed by atoms with Gasteiger partial charge in [-0.3, -0.25) is 4.79 Å². The third kappa shape index (κ3) is 3.75. The smallest absolute Gasteiger partial charge is 0.225 e. The first-order chi connectivity index (χ1) is 9.49. The average Bonchev–Trinajstić information content (AvgIpc) is 2.92. The van der Waals surface area contributed by atoms with Gasteiger partial charge >= 0.3 is 0 Å². The van der Waals surface area contributed by atoms with E-state index >= 15 is 0 Å². The van der Waals surface area contributed by atoms with E-state index in [0.717, 1.165) is 25.8 Å². The summed E-state index contributed by atoms with van der Waals surface area (Å²) in [6, 6.07) is 0.711. The fraction of sp³-hybridized carbons (Fsp3) is 0.941. The molecule has 116 valence electrons. The molecule has 1 amide bonds. The van der Waals surface area contributed by atoms with Gasteiger partial charge < -0.3 is 10.6 Å². The average molecular weight is 280 g/mol. The van der Waals surface area contributed by atoms with Crippen molar-refractivity contribution >= 4 is 5.91 Å². The third-order valence-corrected chi connectivity index (χ3v) is 5.22. The summed E-state index contributed by atoms with van der Waals surface area (Å²) in [5, 5.41) is 0. The van der Waals surface area contributed by atoms with Crippen molar-refractivity contribution in [3.8, 4) is 0 Å². The van der Waals surface area contributed by atoms with Crippen molar-refractivity contribution in [2.24, 2.45) is 23.5 Å². The second kappa shape index (κ2) is 6.93. The van der Waals surface area contributed by atoms with E-state index in [1.54, 1.807) is 0 Å². The predicted molar refractivity (Wildman–Crippen MR) is 83.3 cm³/mol. The molecule has 0 heterocycles. The molecular weight excluding hydrogens is 248 g/mol. The number of hydrogen-bond donors (Lipinski definition) is 1. The summed E-state index contributed by atoms with van der Waals surface area (Å²) in [5.41, 5.74) is 6.19. The molecule has 2 aliphatic rings. The fourth-order valence-corrected chi connectivity index (χ4v) is 3.84. The molecule has 3 unspecified atom stereocenters. The first-order valence-corrected chi connectivity index (χ1v) is 8.55. The maximum absolute atomic E-state index is 12.9. The number of hydrogen-bond acceptors (Lipinski definition) is 2. The van der Waals surface area contributed by atoms with Crippen LogP contribution in [0, 0.1) is 17.8 Å². The summed E-state index contributed by atoms with van der Waals surface area (Å²) in [5.74, 6) is 1.70. The summed E-state index contributed by atoms with van der Waals surface area (Å²) in [6.07, 6.45) is 8.01. The Bertz CT molecular complexity index is 323. The van der Waals surface area contributed by atoms with Gasteiger partial charge in [-0.2, -0.15) is 0 Å². The van der Waals surface area contributed by atoms with Crippen LogP contribution < -0.4 is 5.73 Å². The van der Waals surface area contributed by atoms with Crippen LogP contribution in [-0.2, 0) is 4.79 Å². The molecule has 2 N–H and O–H groups in total. The molecule has 2 fully saturated rings. The van der Waals surface area contributed by atoms with Crippen molar-refractivity contribution in [1.29, 1.82) is 0 Å². The van der Waals surface area contributed by atoms with E-state index in [9.17, 15) is 4.79 Å². The molecule has 20 heavy (non-hydrogen) atoms. The van der Waals surface area contributed by atoms with Gasteiger partial charge in [0.2, 0.25) is 5.91 Å². The minimum Gasteiger partial charge on any atom is -0.339 e. The maximum atomic E-state index is 12.9. The molecule has 0 bridgehead atoms. The van der Waals surface area contributed by atoms with Gasteiger partial charge in [-0.05, 0) is 43.9 Å². The summed E-state index contributed by atoms with van der Waals surface area (Å²) < 4.78 is 0. The van der Waals surface area contributed by atoms with Crippen LogP contribution in [0.25, 0.3) is 0 Å². The Kier molecular flexibility index (Phi) is 5.48. The molecular formula is C17H32N2O. The zero-order chi connectivity index (χ0) is 14.7. The van der Waals surface area contributed by atoms with Crippen molar-refractivity contribution in [2.75, 3.05) is 6.54 Å². The number of nitrogens with zero attached hydrogens (tertiary/aromatic N) is 1. The van der Waals surface area contributed by atoms with Crippen LogP contribution in [0.15, 0.2) is 0 Å². The molecule has 3 nitrogen and oxygen atoms in total. The van der Waals surface area contributed by atoms with Crippen LogP contribution in [-0.4, -0.2) is 29.4 Å². The normalized spacial score (nSPS) is 31.8. The molecule has 3 atom stereocenters. The molecule has 3 heteroatoms. The molecule has 0 aromatic carbocycles. The maximum Gasteiger partial charge on any atom is 0.225 e. The van der Waals surface area contributed by atoms with Gasteiger partial charge in [-0.25, -0.2) is 0 Å². The first-order valence-electron chi connectivity index (χ1n) is 8.55. The van der Waals surface area contributed by atoms with Gasteiger partial charge in [0.05, 0.1) is 0 Å². The van der Waals surface area contributed by atoms with Gasteiger partial charge in [0, 0.05) is 24.5 Å². The summed E-state index contributed by atoms with van der Waals surface area (Å²) in [7, 11) is 0. The van der Waals surface area contributed by atoms with E-state index in [1.807, 2.05) is 0 Å². The highest BCUT2D eigenvalue weighted by atomic mass is 16.2. The van der Waals surface area contributed by atoms with E-state index in [2.05, 4.69) is 25.7 Å². The predicted octanol–water partition coefficient (Wildman–Crippen LogP) is 3.18. The topological polar surface area (TPSA) is 46.3 Å². The van der Waals surface area contributed by atoms with Crippen LogP contribution in [0.4, 0.5) is 0 Å². The zero-order valence-corrected chi connectivity index (χ0v) is 13.5. The quantitative estimate of drug-likeness (QED) is 0.859. The van der Waals surface area contributed by atoms with E-state index in [1.165, 1.54) is 25.7 Å². The van der Waals surface area contributed by atoms with E-state index in [0.29, 0.717) is 23.8 Å². The van der Waals surface area contributed by atoms with Crippen LogP contribution >= 0.6 is 0 Å². The monoisotopic (exact) mass is 280 g/mol. The van der Waals surface area contributed by atoms with Crippen LogP contribution in [0.3, 0.4) is 0 Å². The highest BCUT2D eigenvalue weighted by Gasteiger charge is 2.35. The fourth-order valence-electron chi connectivity index (χ4n) is 3.84. The Morgan fingerprint density at radius 1 is 1.20 bits per heavy atom. The third-order valence-electron chi connectivity index (χ3n) is 5.22. The van der Waals surface area contributed by atoms with Gasteiger partial charge in [0.15, 0.2) is 0 Å². The van der Waals surface area contributed by atoms with E-state index in [-0.39, 0.29) is 12.0 Å². The lowest BCUT2D eigenvalue weighted by molar-refractivity contribution is -0.140. The molecule has 2 rings (SSSR count). The van der Waals surface area contributed by atoms with E-state index < -0.39 is 0 Å². The van der Waals surface area contributed by atoms with Crippen molar-refractivity contribution in [1.82, 2.24) is 4.90 Å². The lowest BCUT2D eigenvalue weighted by Crippen LogP contribution is -2.47. The van der Waals surface area contributed by atoms with Gasteiger partial charge in [0.25, 0.3) is 0 Å². The number of carbonyl (C=O) groups excluding carboxylic acids is 1. The molecule has 0 radical (unpaired) electrons. The van der Waals surface area contributed by atoms with Gasteiger partial charge in [-0.1, -0.05) is 33.6 Å². The molecule has 0 aromatic heterocycles. The Labute approximate surface area is 124 Å². The standard InChI is InChI=1S/C17H32N2O/c1-12(2)11-19(15-6-4-5-7-15)17(20)14-9-8-13(3)16(18)10-14/h12-16H,4-11,18H2,1-3H3. The lowest BCUT2D eigenvalue weighted by atomic mass is 9.79. The lowest BCUT2D eigenvalue weighted by Gasteiger charge is -2.37. The van der Waals surface area contributed by atoms with Crippen LogP contribution in [0.1, 0.15) is 65.7 Å². The first kappa shape index (κ1) is 15.8. The molecule has 0 aliphatic heterocycles. The molecule has 2 saturated carbocycles. The molecule has 0 aromatic rings. The largest absolute Gasteiger partial charge is 0.339 e. The van der Waals surface area contributed by atoms with Gasteiger partial charge in [-0.15, -0.1) is 0 Å². The number of amides is 1. The highest BCUT2D eigenvalue weighted by Crippen LogP contribution is 2.32. The summed E-state index contributed by atoms with van der Waals surface area (Å²) in [4.78, 5) is 15.2. The minimum atomic E-state index is 0.181. The highest BCUT2D eigenvalue weighted by molar-refractivity contribution is 5.79. The second-order valence-corrected chi connectivity index (χ2v) is 7.47. The number of rotatable bonds is 4. The van der Waals surface area contributed by atoms with E-state index in [4.69, 9.17) is 5.73 Å².